The predicted molar refractivity (Wildman–Crippen MR) is 46.2 cm³/mol. The lowest BCUT2D eigenvalue weighted by atomic mass is 10.1. The summed E-state index contributed by atoms with van der Waals surface area (Å²) < 4.78 is 5.30. The van der Waals surface area contributed by atoms with Crippen molar-refractivity contribution in [2.75, 3.05) is 6.61 Å². The molecule has 0 saturated carbocycles. The lowest BCUT2D eigenvalue weighted by Crippen LogP contribution is -2.23. The Morgan fingerprint density at radius 3 is 2.64 bits per heavy atom. The van der Waals surface area contributed by atoms with Crippen LogP contribution in [0.25, 0.3) is 0 Å². The molecular formula is C9H16O2. The molecule has 0 saturated heterocycles. The highest BCUT2D eigenvalue weighted by Gasteiger charge is 2.15. The Hall–Kier alpha value is -0.760. The van der Waals surface area contributed by atoms with E-state index >= 15 is 0 Å². The average Bonchev–Trinajstić information content (AvgIpc) is 1.87. The molecule has 64 valence electrons. The number of aliphatic hydroxyl groups is 1. The third-order valence-electron chi connectivity index (χ3n) is 1.32. The zero-order valence-electron chi connectivity index (χ0n) is 7.21. The highest BCUT2D eigenvalue weighted by atomic mass is 16.5. The second-order valence-corrected chi connectivity index (χ2v) is 2.92. The summed E-state index contributed by atoms with van der Waals surface area (Å²) in [7, 11) is 0. The first-order valence-corrected chi connectivity index (χ1v) is 3.68. The van der Waals surface area contributed by atoms with Crippen molar-refractivity contribution in [2.24, 2.45) is 0 Å². The van der Waals surface area contributed by atoms with Gasteiger partial charge in [0.2, 0.25) is 0 Å². The minimum absolute atomic E-state index is 0.148. The number of rotatable bonds is 5. The molecule has 0 aliphatic heterocycles. The van der Waals surface area contributed by atoms with Gasteiger partial charge in [0.1, 0.15) is 5.60 Å². The third kappa shape index (κ3) is 5.67. The molecule has 0 spiro atoms. The van der Waals surface area contributed by atoms with Gasteiger partial charge in [-0.3, -0.25) is 0 Å². The van der Waals surface area contributed by atoms with E-state index < -0.39 is 0 Å². The van der Waals surface area contributed by atoms with Gasteiger partial charge >= 0.3 is 0 Å². The van der Waals surface area contributed by atoms with Crippen molar-refractivity contribution in [1.29, 1.82) is 0 Å². The van der Waals surface area contributed by atoms with Crippen LogP contribution < -0.4 is 0 Å². The van der Waals surface area contributed by atoms with Gasteiger partial charge in [0.05, 0.1) is 6.26 Å². The van der Waals surface area contributed by atoms with E-state index in [-0.39, 0.29) is 12.2 Å². The van der Waals surface area contributed by atoms with E-state index in [2.05, 4.69) is 6.58 Å². The predicted octanol–water partition coefficient (Wildman–Crippen LogP) is 1.86. The van der Waals surface area contributed by atoms with Gasteiger partial charge in [-0.15, -0.1) is 0 Å². The van der Waals surface area contributed by atoms with E-state index in [4.69, 9.17) is 9.84 Å². The molecule has 1 N–H and O–H groups in total. The van der Waals surface area contributed by atoms with Crippen LogP contribution >= 0.6 is 0 Å². The summed E-state index contributed by atoms with van der Waals surface area (Å²) in [6.07, 6.45) is 5.59. The molecule has 0 rings (SSSR count). The van der Waals surface area contributed by atoms with Crippen LogP contribution in [0.3, 0.4) is 0 Å². The van der Waals surface area contributed by atoms with Crippen LogP contribution in [0, 0.1) is 0 Å². The lowest BCUT2D eigenvalue weighted by molar-refractivity contribution is 0.0334. The normalized spacial score (nSPS) is 11.9. The zero-order chi connectivity index (χ0) is 8.74. The Kier molecular flexibility index (Phi) is 4.62. The molecule has 0 aromatic heterocycles. The zero-order valence-corrected chi connectivity index (χ0v) is 7.21. The number of hydrogen-bond donors (Lipinski definition) is 1. The minimum Gasteiger partial charge on any atom is -0.495 e. The molecule has 0 heterocycles. The van der Waals surface area contributed by atoms with E-state index in [1.54, 1.807) is 18.4 Å². The summed E-state index contributed by atoms with van der Waals surface area (Å²) in [4.78, 5) is 0. The van der Waals surface area contributed by atoms with Crippen molar-refractivity contribution in [3.8, 4) is 0 Å². The van der Waals surface area contributed by atoms with Gasteiger partial charge < -0.3 is 9.84 Å². The van der Waals surface area contributed by atoms with E-state index in [1.807, 2.05) is 13.8 Å². The molecule has 2 nitrogen and oxygen atoms in total. The highest BCUT2D eigenvalue weighted by molar-refractivity contribution is 4.93. The molecule has 0 unspecified atom stereocenters. The Bertz CT molecular complexity index is 136. The summed E-state index contributed by atoms with van der Waals surface area (Å²) in [5, 5.41) is 8.63. The fourth-order valence-electron chi connectivity index (χ4n) is 0.607. The topological polar surface area (TPSA) is 29.5 Å². The molecule has 0 radical (unpaired) electrons. The van der Waals surface area contributed by atoms with Crippen molar-refractivity contribution in [3.63, 3.8) is 0 Å². The molecule has 11 heavy (non-hydrogen) atoms. The van der Waals surface area contributed by atoms with Crippen LogP contribution in [0.15, 0.2) is 25.0 Å². The van der Waals surface area contributed by atoms with Crippen LogP contribution in [0.2, 0.25) is 0 Å². The molecule has 2 heteroatoms. The molecule has 0 fully saturated rings. The first-order chi connectivity index (χ1) is 5.12. The maximum atomic E-state index is 8.63. The number of ether oxygens (including phenoxy) is 1. The smallest absolute Gasteiger partial charge is 0.105 e. The van der Waals surface area contributed by atoms with Crippen molar-refractivity contribution in [2.45, 2.75) is 25.9 Å². The quantitative estimate of drug-likeness (QED) is 0.486. The summed E-state index contributed by atoms with van der Waals surface area (Å²) >= 11 is 0. The summed E-state index contributed by atoms with van der Waals surface area (Å²) in [5.41, 5.74) is -0.283. The molecule has 0 amide bonds. The molecule has 0 aromatic carbocycles. The fourth-order valence-corrected chi connectivity index (χ4v) is 0.607. The molecular weight excluding hydrogens is 140 g/mol. The maximum Gasteiger partial charge on any atom is 0.105 e. The largest absolute Gasteiger partial charge is 0.495 e. The van der Waals surface area contributed by atoms with Crippen molar-refractivity contribution in [3.05, 3.63) is 25.0 Å². The lowest BCUT2D eigenvalue weighted by Gasteiger charge is -2.22. The third-order valence-corrected chi connectivity index (χ3v) is 1.32. The molecule has 0 bridgehead atoms. The van der Waals surface area contributed by atoms with E-state index in [9.17, 15) is 0 Å². The van der Waals surface area contributed by atoms with Crippen molar-refractivity contribution < 1.29 is 9.84 Å². The number of allylic oxidation sites excluding steroid dienone is 2. The first kappa shape index (κ1) is 10.2. The van der Waals surface area contributed by atoms with Gasteiger partial charge in [-0.2, -0.15) is 0 Å². The van der Waals surface area contributed by atoms with Gasteiger partial charge in [-0.05, 0) is 19.9 Å². The summed E-state index contributed by atoms with van der Waals surface area (Å²) in [5.74, 6) is 0. The van der Waals surface area contributed by atoms with E-state index in [1.165, 1.54) is 0 Å². The van der Waals surface area contributed by atoms with Gasteiger partial charge in [-0.25, -0.2) is 0 Å². The standard InChI is InChI=1S/C9H16O2/c1-4-5-8-11-9(2,3)6-7-10/h4-5,8,10H,1,6-7H2,2-3H3/b8-5+. The molecule has 0 aliphatic rings. The Labute approximate surface area is 68.2 Å². The van der Waals surface area contributed by atoms with Crippen molar-refractivity contribution >= 4 is 0 Å². The fraction of sp³-hybridized carbons (Fsp3) is 0.556. The highest BCUT2D eigenvalue weighted by Crippen LogP contribution is 2.13. The van der Waals surface area contributed by atoms with Crippen LogP contribution in [-0.4, -0.2) is 17.3 Å². The van der Waals surface area contributed by atoms with Crippen LogP contribution in [0.1, 0.15) is 20.3 Å². The Morgan fingerprint density at radius 1 is 1.55 bits per heavy atom. The SMILES string of the molecule is C=C/C=C/OC(C)(C)CCO. The molecule has 0 atom stereocenters. The van der Waals surface area contributed by atoms with E-state index in [0.29, 0.717) is 6.42 Å². The Balaban J connectivity index is 3.71. The van der Waals surface area contributed by atoms with Crippen molar-refractivity contribution in [1.82, 2.24) is 0 Å². The van der Waals surface area contributed by atoms with Gasteiger partial charge in [-0.1, -0.05) is 12.7 Å². The summed E-state index contributed by atoms with van der Waals surface area (Å²) in [6, 6.07) is 0. The van der Waals surface area contributed by atoms with Crippen LogP contribution in [0.4, 0.5) is 0 Å². The van der Waals surface area contributed by atoms with Gasteiger partial charge in [0.15, 0.2) is 0 Å². The summed E-state index contributed by atoms with van der Waals surface area (Å²) in [6.45, 7) is 7.51. The van der Waals surface area contributed by atoms with E-state index in [0.717, 1.165) is 0 Å². The Morgan fingerprint density at radius 2 is 2.18 bits per heavy atom. The second kappa shape index (κ2) is 4.97. The second-order valence-electron chi connectivity index (χ2n) is 2.92. The van der Waals surface area contributed by atoms with Crippen LogP contribution in [0.5, 0.6) is 0 Å². The monoisotopic (exact) mass is 156 g/mol. The average molecular weight is 156 g/mol. The van der Waals surface area contributed by atoms with Crippen LogP contribution in [-0.2, 0) is 4.74 Å². The number of hydrogen-bond acceptors (Lipinski definition) is 2. The molecule has 0 aromatic rings. The van der Waals surface area contributed by atoms with Gasteiger partial charge in [0.25, 0.3) is 0 Å². The maximum absolute atomic E-state index is 8.63. The molecule has 0 aliphatic carbocycles. The number of aliphatic hydroxyl groups excluding tert-OH is 1. The first-order valence-electron chi connectivity index (χ1n) is 3.68. The van der Waals surface area contributed by atoms with Gasteiger partial charge in [0, 0.05) is 13.0 Å². The minimum atomic E-state index is -0.283.